The van der Waals surface area contributed by atoms with E-state index < -0.39 is 12.4 Å². The van der Waals surface area contributed by atoms with E-state index in [1.807, 2.05) is 0 Å². The van der Waals surface area contributed by atoms with E-state index in [9.17, 15) is 13.2 Å². The fourth-order valence-corrected chi connectivity index (χ4v) is 0.989. The van der Waals surface area contributed by atoms with E-state index in [0.717, 1.165) is 12.1 Å². The molecule has 0 saturated heterocycles. The molecule has 0 saturated carbocycles. The van der Waals surface area contributed by atoms with Crippen LogP contribution in [0, 0.1) is 24.1 Å². The van der Waals surface area contributed by atoms with E-state index in [1.165, 1.54) is 6.92 Å². The van der Waals surface area contributed by atoms with Gasteiger partial charge in [-0.2, -0.15) is 14.0 Å². The first-order valence-electron chi connectivity index (χ1n) is 3.69. The summed E-state index contributed by atoms with van der Waals surface area (Å²) >= 11 is 0. The smallest absolute Gasteiger partial charge is 0.387 e. The molecule has 0 bridgehead atoms. The number of benzene rings is 1. The van der Waals surface area contributed by atoms with Crippen LogP contribution in [0.1, 0.15) is 11.1 Å². The molecular formula is C9H6F3NO. The average molecular weight is 201 g/mol. The Labute approximate surface area is 78.5 Å². The van der Waals surface area contributed by atoms with Crippen molar-refractivity contribution in [2.24, 2.45) is 0 Å². The number of nitriles is 1. The lowest BCUT2D eigenvalue weighted by Gasteiger charge is -2.08. The van der Waals surface area contributed by atoms with E-state index in [0.29, 0.717) is 0 Å². The minimum atomic E-state index is -3.03. The molecule has 0 fully saturated rings. The molecule has 1 aromatic carbocycles. The summed E-state index contributed by atoms with van der Waals surface area (Å²) in [6.07, 6.45) is 0. The summed E-state index contributed by atoms with van der Waals surface area (Å²) in [6.45, 7) is -1.61. The molecule has 74 valence electrons. The van der Waals surface area contributed by atoms with E-state index >= 15 is 0 Å². The van der Waals surface area contributed by atoms with Gasteiger partial charge in [0.2, 0.25) is 0 Å². The summed E-state index contributed by atoms with van der Waals surface area (Å²) < 4.78 is 40.5. The Hall–Kier alpha value is -1.70. The van der Waals surface area contributed by atoms with Gasteiger partial charge in [-0.1, -0.05) is 0 Å². The quantitative estimate of drug-likeness (QED) is 0.736. The molecule has 1 aromatic rings. The van der Waals surface area contributed by atoms with Crippen molar-refractivity contribution in [1.29, 1.82) is 5.26 Å². The minimum Gasteiger partial charge on any atom is -0.434 e. The Kier molecular flexibility index (Phi) is 2.97. The Morgan fingerprint density at radius 3 is 2.57 bits per heavy atom. The highest BCUT2D eigenvalue weighted by Gasteiger charge is 2.12. The molecule has 14 heavy (non-hydrogen) atoms. The molecule has 0 unspecified atom stereocenters. The first kappa shape index (κ1) is 10.4. The van der Waals surface area contributed by atoms with Gasteiger partial charge in [-0.3, -0.25) is 0 Å². The third kappa shape index (κ3) is 2.16. The topological polar surface area (TPSA) is 33.0 Å². The van der Waals surface area contributed by atoms with Crippen LogP contribution in [-0.2, 0) is 0 Å². The summed E-state index contributed by atoms with van der Waals surface area (Å²) in [4.78, 5) is 0. The third-order valence-electron chi connectivity index (χ3n) is 1.66. The minimum absolute atomic E-state index is 0.0133. The molecule has 0 aliphatic heterocycles. The summed E-state index contributed by atoms with van der Waals surface area (Å²) in [5.41, 5.74) is 0.190. The number of alkyl halides is 2. The normalized spacial score (nSPS) is 10.0. The number of nitrogens with zero attached hydrogens (tertiary/aromatic N) is 1. The zero-order valence-corrected chi connectivity index (χ0v) is 7.22. The molecule has 0 amide bonds. The highest BCUT2D eigenvalue weighted by Crippen LogP contribution is 2.24. The Balaban J connectivity index is 3.17. The highest BCUT2D eigenvalue weighted by atomic mass is 19.3. The lowest BCUT2D eigenvalue weighted by Crippen LogP contribution is -2.04. The molecule has 0 heterocycles. The van der Waals surface area contributed by atoms with E-state index in [2.05, 4.69) is 4.74 Å². The maximum Gasteiger partial charge on any atom is 0.387 e. The second kappa shape index (κ2) is 4.01. The predicted octanol–water partition coefficient (Wildman–Crippen LogP) is 2.61. The summed E-state index contributed by atoms with van der Waals surface area (Å²) in [5.74, 6) is -1.08. The van der Waals surface area contributed by atoms with Crippen molar-refractivity contribution in [3.63, 3.8) is 0 Å². The maximum absolute atomic E-state index is 12.8. The number of halogens is 3. The molecule has 0 spiro atoms. The van der Waals surface area contributed by atoms with Crippen LogP contribution in [0.2, 0.25) is 0 Å². The summed E-state index contributed by atoms with van der Waals surface area (Å²) in [7, 11) is 0. The molecule has 0 radical (unpaired) electrons. The van der Waals surface area contributed by atoms with Crippen molar-refractivity contribution >= 4 is 0 Å². The van der Waals surface area contributed by atoms with Crippen LogP contribution in [0.5, 0.6) is 5.75 Å². The van der Waals surface area contributed by atoms with Crippen molar-refractivity contribution in [3.05, 3.63) is 29.1 Å². The Bertz CT molecular complexity index is 384. The molecule has 0 aromatic heterocycles. The number of hydrogen-bond donors (Lipinski definition) is 0. The van der Waals surface area contributed by atoms with Crippen LogP contribution < -0.4 is 4.74 Å². The van der Waals surface area contributed by atoms with Crippen LogP contribution in [0.4, 0.5) is 13.2 Å². The van der Waals surface area contributed by atoms with Crippen LogP contribution >= 0.6 is 0 Å². The lowest BCUT2D eigenvalue weighted by atomic mass is 10.1. The third-order valence-corrected chi connectivity index (χ3v) is 1.66. The van der Waals surface area contributed by atoms with E-state index in [1.54, 1.807) is 6.07 Å². The van der Waals surface area contributed by atoms with Gasteiger partial charge in [0, 0.05) is 11.6 Å². The van der Waals surface area contributed by atoms with Crippen molar-refractivity contribution < 1.29 is 17.9 Å². The largest absolute Gasteiger partial charge is 0.434 e. The summed E-state index contributed by atoms with van der Waals surface area (Å²) in [5, 5.41) is 8.54. The van der Waals surface area contributed by atoms with Crippen molar-refractivity contribution in [2.75, 3.05) is 0 Å². The van der Waals surface area contributed by atoms with E-state index in [-0.39, 0.29) is 16.9 Å². The van der Waals surface area contributed by atoms with Gasteiger partial charge in [0.05, 0.1) is 11.6 Å². The molecule has 2 nitrogen and oxygen atoms in total. The van der Waals surface area contributed by atoms with Gasteiger partial charge < -0.3 is 4.74 Å². The molecule has 5 heteroatoms. The average Bonchev–Trinajstić information content (AvgIpc) is 2.09. The standard InChI is InChI=1S/C9H6F3NO/c1-5-6(4-13)2-7(10)3-8(5)14-9(11)12/h2-3,9H,1H3. The number of hydrogen-bond acceptors (Lipinski definition) is 2. The number of rotatable bonds is 2. The SMILES string of the molecule is Cc1c(C#N)cc(F)cc1OC(F)F. The zero-order chi connectivity index (χ0) is 10.7. The van der Waals surface area contributed by atoms with Crippen LogP contribution in [0.15, 0.2) is 12.1 Å². The Morgan fingerprint density at radius 1 is 1.43 bits per heavy atom. The molecule has 0 N–H and O–H groups in total. The van der Waals surface area contributed by atoms with Crippen molar-refractivity contribution in [2.45, 2.75) is 13.5 Å². The maximum atomic E-state index is 12.8. The van der Waals surface area contributed by atoms with Gasteiger partial charge in [-0.15, -0.1) is 0 Å². The van der Waals surface area contributed by atoms with Gasteiger partial charge in [0.1, 0.15) is 11.6 Å². The summed E-state index contributed by atoms with van der Waals surface area (Å²) in [6, 6.07) is 3.47. The molecule has 0 aliphatic rings. The molecular weight excluding hydrogens is 195 g/mol. The first-order chi connectivity index (χ1) is 6.54. The van der Waals surface area contributed by atoms with Crippen LogP contribution in [0.25, 0.3) is 0 Å². The second-order valence-corrected chi connectivity index (χ2v) is 2.57. The van der Waals surface area contributed by atoms with Gasteiger partial charge in [-0.25, -0.2) is 4.39 Å². The van der Waals surface area contributed by atoms with E-state index in [4.69, 9.17) is 5.26 Å². The van der Waals surface area contributed by atoms with Crippen molar-refractivity contribution in [1.82, 2.24) is 0 Å². The second-order valence-electron chi connectivity index (χ2n) is 2.57. The predicted molar refractivity (Wildman–Crippen MR) is 42.5 cm³/mol. The molecule has 0 atom stereocenters. The number of ether oxygens (including phenoxy) is 1. The van der Waals surface area contributed by atoms with Crippen molar-refractivity contribution in [3.8, 4) is 11.8 Å². The zero-order valence-electron chi connectivity index (χ0n) is 7.22. The van der Waals surface area contributed by atoms with Gasteiger partial charge >= 0.3 is 6.61 Å². The highest BCUT2D eigenvalue weighted by molar-refractivity contribution is 5.46. The molecule has 1 rings (SSSR count). The van der Waals surface area contributed by atoms with Gasteiger partial charge in [0.15, 0.2) is 0 Å². The van der Waals surface area contributed by atoms with Gasteiger partial charge in [-0.05, 0) is 13.0 Å². The monoisotopic (exact) mass is 201 g/mol. The Morgan fingerprint density at radius 2 is 2.07 bits per heavy atom. The lowest BCUT2D eigenvalue weighted by molar-refractivity contribution is -0.0504. The van der Waals surface area contributed by atoms with Crippen LogP contribution in [-0.4, -0.2) is 6.61 Å². The fourth-order valence-electron chi connectivity index (χ4n) is 0.989. The van der Waals surface area contributed by atoms with Gasteiger partial charge in [0.25, 0.3) is 0 Å². The first-order valence-corrected chi connectivity index (χ1v) is 3.69. The van der Waals surface area contributed by atoms with Crippen LogP contribution in [0.3, 0.4) is 0 Å². The fraction of sp³-hybridized carbons (Fsp3) is 0.222. The molecule has 0 aliphatic carbocycles.